The number of thiophene rings is 1. The molecule has 1 aliphatic carbocycles. The Labute approximate surface area is 131 Å². The first-order valence-electron chi connectivity index (χ1n) is 6.28. The van der Waals surface area contributed by atoms with Crippen LogP contribution < -0.4 is 4.72 Å². The summed E-state index contributed by atoms with van der Waals surface area (Å²) in [5.41, 5.74) is 0. The summed E-state index contributed by atoms with van der Waals surface area (Å²) in [6, 6.07) is 1.63. The van der Waals surface area contributed by atoms with E-state index in [0.717, 1.165) is 34.3 Å². The van der Waals surface area contributed by atoms with Crippen LogP contribution in [0.1, 0.15) is 30.6 Å². The molecular weight excluding hydrogens is 370 g/mol. The minimum atomic E-state index is -3.44. The third-order valence-electron chi connectivity index (χ3n) is 3.55. The van der Waals surface area contributed by atoms with Crippen molar-refractivity contribution in [1.29, 1.82) is 0 Å². The quantitative estimate of drug-likeness (QED) is 0.798. The molecule has 1 aromatic heterocycles. The first-order chi connectivity index (χ1) is 8.94. The lowest BCUT2D eigenvalue weighted by Gasteiger charge is -2.30. The summed E-state index contributed by atoms with van der Waals surface area (Å²) in [7, 11) is -3.44. The predicted octanol–water partition coefficient (Wildman–Crippen LogP) is 3.89. The molecule has 1 saturated carbocycles. The van der Waals surface area contributed by atoms with Crippen LogP contribution in [0.25, 0.3) is 0 Å². The topological polar surface area (TPSA) is 46.2 Å². The van der Waals surface area contributed by atoms with Crippen molar-refractivity contribution < 1.29 is 8.42 Å². The molecule has 3 nitrogen and oxygen atoms in total. The number of nitrogens with one attached hydrogen (secondary N) is 1. The molecule has 0 radical (unpaired) electrons. The Bertz CT molecular complexity index is 544. The normalized spacial score (nSPS) is 24.6. The third-order valence-corrected chi connectivity index (χ3v) is 7.24. The van der Waals surface area contributed by atoms with Crippen LogP contribution in [0.5, 0.6) is 0 Å². The van der Waals surface area contributed by atoms with Gasteiger partial charge in [0.15, 0.2) is 0 Å². The lowest BCUT2D eigenvalue weighted by molar-refractivity contribution is 0.314. The molecule has 0 aromatic carbocycles. The average molecular weight is 387 g/mol. The van der Waals surface area contributed by atoms with E-state index < -0.39 is 10.0 Å². The van der Waals surface area contributed by atoms with Gasteiger partial charge in [-0.2, -0.15) is 0 Å². The first-order valence-corrected chi connectivity index (χ1v) is 9.91. The molecule has 0 bridgehead atoms. The van der Waals surface area contributed by atoms with Crippen molar-refractivity contribution in [3.8, 4) is 0 Å². The zero-order chi connectivity index (χ0) is 14.0. The lowest BCUT2D eigenvalue weighted by Crippen LogP contribution is -2.42. The fourth-order valence-corrected chi connectivity index (χ4v) is 6.63. The van der Waals surface area contributed by atoms with Gasteiger partial charge in [0.25, 0.3) is 0 Å². The molecule has 0 aliphatic heterocycles. The lowest BCUT2D eigenvalue weighted by atomic mass is 9.86. The fourth-order valence-electron chi connectivity index (χ4n) is 2.51. The van der Waals surface area contributed by atoms with Crippen LogP contribution in [0.15, 0.2) is 14.7 Å². The van der Waals surface area contributed by atoms with Crippen LogP contribution in [-0.4, -0.2) is 20.3 Å². The predicted molar refractivity (Wildman–Crippen MR) is 83.5 cm³/mol. The van der Waals surface area contributed by atoms with E-state index in [1.165, 1.54) is 11.3 Å². The average Bonchev–Trinajstić information content (AvgIpc) is 2.69. The number of hydrogen-bond acceptors (Lipinski definition) is 3. The number of aryl methyl sites for hydroxylation is 1. The summed E-state index contributed by atoms with van der Waals surface area (Å²) < 4.78 is 28.5. The molecule has 1 N–H and O–H groups in total. The van der Waals surface area contributed by atoms with E-state index in [0.29, 0.717) is 10.8 Å². The summed E-state index contributed by atoms with van der Waals surface area (Å²) >= 11 is 10.7. The Morgan fingerprint density at radius 3 is 2.74 bits per heavy atom. The van der Waals surface area contributed by atoms with Gasteiger partial charge in [-0.15, -0.1) is 22.9 Å². The van der Waals surface area contributed by atoms with Gasteiger partial charge in [0, 0.05) is 16.8 Å². The van der Waals surface area contributed by atoms with Crippen LogP contribution in [0.4, 0.5) is 0 Å². The van der Waals surface area contributed by atoms with Crippen molar-refractivity contribution in [2.75, 3.05) is 5.88 Å². The van der Waals surface area contributed by atoms with Gasteiger partial charge >= 0.3 is 0 Å². The molecule has 2 unspecified atom stereocenters. The number of rotatable bonds is 4. The Morgan fingerprint density at radius 1 is 1.47 bits per heavy atom. The van der Waals surface area contributed by atoms with Gasteiger partial charge in [-0.25, -0.2) is 13.1 Å². The maximum Gasteiger partial charge on any atom is 0.241 e. The molecule has 1 heterocycles. The molecule has 1 aromatic rings. The van der Waals surface area contributed by atoms with Crippen molar-refractivity contribution in [1.82, 2.24) is 4.72 Å². The molecule has 1 aliphatic rings. The largest absolute Gasteiger partial charge is 0.241 e. The summed E-state index contributed by atoms with van der Waals surface area (Å²) in [5.74, 6) is 0.757. The Morgan fingerprint density at radius 2 is 2.16 bits per heavy atom. The van der Waals surface area contributed by atoms with Gasteiger partial charge in [0.2, 0.25) is 10.0 Å². The van der Waals surface area contributed by atoms with Crippen LogP contribution in [0, 0.1) is 12.8 Å². The fraction of sp³-hybridized carbons (Fsp3) is 0.667. The van der Waals surface area contributed by atoms with Crippen molar-refractivity contribution >= 4 is 48.9 Å². The summed E-state index contributed by atoms with van der Waals surface area (Å²) in [5, 5.41) is 0. The van der Waals surface area contributed by atoms with E-state index in [2.05, 4.69) is 20.7 Å². The molecule has 19 heavy (non-hydrogen) atoms. The molecule has 7 heteroatoms. The van der Waals surface area contributed by atoms with E-state index in [-0.39, 0.29) is 12.0 Å². The highest BCUT2D eigenvalue weighted by molar-refractivity contribution is 9.11. The SMILES string of the molecule is Cc1sc(Br)cc1S(=O)(=O)NC1CCCCC1CCl. The number of hydrogen-bond donors (Lipinski definition) is 1. The molecule has 0 spiro atoms. The molecule has 2 rings (SSSR count). The zero-order valence-corrected chi connectivity index (χ0v) is 14.6. The van der Waals surface area contributed by atoms with E-state index in [4.69, 9.17) is 11.6 Å². The van der Waals surface area contributed by atoms with Gasteiger partial charge in [-0.05, 0) is 47.7 Å². The highest BCUT2D eigenvalue weighted by Gasteiger charge is 2.30. The van der Waals surface area contributed by atoms with E-state index in [9.17, 15) is 8.42 Å². The molecule has 2 atom stereocenters. The standard InChI is InChI=1S/C12H17BrClNO2S2/c1-8-11(6-12(13)18-8)19(16,17)15-10-5-3-2-4-9(10)7-14/h6,9-10,15H,2-5,7H2,1H3. The van der Waals surface area contributed by atoms with E-state index >= 15 is 0 Å². The highest BCUT2D eigenvalue weighted by atomic mass is 79.9. The van der Waals surface area contributed by atoms with Gasteiger partial charge in [0.05, 0.1) is 8.68 Å². The van der Waals surface area contributed by atoms with Crippen molar-refractivity contribution in [3.05, 3.63) is 14.7 Å². The van der Waals surface area contributed by atoms with Crippen molar-refractivity contribution in [3.63, 3.8) is 0 Å². The van der Waals surface area contributed by atoms with Gasteiger partial charge in [-0.1, -0.05) is 12.8 Å². The highest BCUT2D eigenvalue weighted by Crippen LogP contribution is 2.31. The molecule has 1 fully saturated rings. The maximum absolute atomic E-state index is 12.4. The van der Waals surface area contributed by atoms with Gasteiger partial charge in [0.1, 0.15) is 0 Å². The summed E-state index contributed by atoms with van der Waals surface area (Å²) in [6.45, 7) is 1.82. The molecule has 0 saturated heterocycles. The summed E-state index contributed by atoms with van der Waals surface area (Å²) in [6.07, 6.45) is 4.08. The van der Waals surface area contributed by atoms with Crippen LogP contribution in [0.2, 0.25) is 0 Å². The monoisotopic (exact) mass is 385 g/mol. The molecule has 0 amide bonds. The second kappa shape index (κ2) is 6.43. The second-order valence-electron chi connectivity index (χ2n) is 4.90. The van der Waals surface area contributed by atoms with Crippen LogP contribution in [-0.2, 0) is 10.0 Å². The van der Waals surface area contributed by atoms with Crippen molar-refractivity contribution in [2.24, 2.45) is 5.92 Å². The van der Waals surface area contributed by atoms with Crippen molar-refractivity contribution in [2.45, 2.75) is 43.5 Å². The maximum atomic E-state index is 12.4. The second-order valence-corrected chi connectivity index (χ2v) is 9.52. The minimum absolute atomic E-state index is 0.0330. The number of sulfonamides is 1. The Kier molecular flexibility index (Phi) is 5.34. The summed E-state index contributed by atoms with van der Waals surface area (Å²) in [4.78, 5) is 1.18. The minimum Gasteiger partial charge on any atom is -0.208 e. The third kappa shape index (κ3) is 3.73. The Balaban J connectivity index is 2.19. The molecular formula is C12H17BrClNO2S2. The van der Waals surface area contributed by atoms with Gasteiger partial charge in [-0.3, -0.25) is 0 Å². The number of alkyl halides is 1. The smallest absolute Gasteiger partial charge is 0.208 e. The van der Waals surface area contributed by atoms with E-state index in [1.807, 2.05) is 6.92 Å². The first kappa shape index (κ1) is 15.8. The van der Waals surface area contributed by atoms with Crippen LogP contribution >= 0.6 is 38.9 Å². The Hall–Kier alpha value is 0.380. The van der Waals surface area contributed by atoms with Gasteiger partial charge < -0.3 is 0 Å². The van der Waals surface area contributed by atoms with Crippen LogP contribution in [0.3, 0.4) is 0 Å². The molecule has 108 valence electrons. The zero-order valence-electron chi connectivity index (χ0n) is 10.7. The number of halogens is 2. The van der Waals surface area contributed by atoms with E-state index in [1.54, 1.807) is 6.07 Å².